The molecule has 0 N–H and O–H groups in total. The Labute approximate surface area is 145 Å². The second-order valence-corrected chi connectivity index (χ2v) is 9.09. The Balaban J connectivity index is 1.46. The van der Waals surface area contributed by atoms with Crippen LogP contribution in [-0.2, 0) is 22.9 Å². The second-order valence-electron chi connectivity index (χ2n) is 7.15. The van der Waals surface area contributed by atoms with Crippen LogP contribution in [0.5, 0.6) is 0 Å². The van der Waals surface area contributed by atoms with Gasteiger partial charge in [-0.25, -0.2) is 8.42 Å². The van der Waals surface area contributed by atoms with E-state index in [-0.39, 0.29) is 0 Å². The van der Waals surface area contributed by atoms with Gasteiger partial charge < -0.3 is 0 Å². The third-order valence-corrected chi connectivity index (χ3v) is 7.57. The van der Waals surface area contributed by atoms with E-state index < -0.39 is 10.0 Å². The molecule has 0 spiro atoms. The molecule has 1 unspecified atom stereocenters. The zero-order chi connectivity index (χ0) is 16.6. The van der Waals surface area contributed by atoms with Crippen molar-refractivity contribution in [2.24, 2.45) is 0 Å². The van der Waals surface area contributed by atoms with Gasteiger partial charge in [-0.15, -0.1) is 0 Å². The fourth-order valence-corrected chi connectivity index (χ4v) is 5.71. The highest BCUT2D eigenvalue weighted by atomic mass is 32.2. The van der Waals surface area contributed by atoms with Crippen molar-refractivity contribution in [3.8, 4) is 0 Å². The molecule has 4 rings (SSSR count). The number of hydrogen-bond donors (Lipinski definition) is 0. The van der Waals surface area contributed by atoms with Gasteiger partial charge >= 0.3 is 0 Å². The molecule has 0 radical (unpaired) electrons. The maximum Gasteiger partial charge on any atom is 0.243 e. The Bertz CT molecular complexity index is 734. The second kappa shape index (κ2) is 6.62. The number of allylic oxidation sites excluding steroid dienone is 1. The molecular formula is C19H26N2O2S. The molecule has 1 aromatic rings. The summed E-state index contributed by atoms with van der Waals surface area (Å²) in [6.45, 7) is 2.87. The van der Waals surface area contributed by atoms with Crippen molar-refractivity contribution < 1.29 is 8.42 Å². The van der Waals surface area contributed by atoms with Crippen LogP contribution in [0.2, 0.25) is 0 Å². The molecule has 1 atom stereocenters. The highest BCUT2D eigenvalue weighted by molar-refractivity contribution is 7.89. The lowest BCUT2D eigenvalue weighted by atomic mass is 10.0. The summed E-state index contributed by atoms with van der Waals surface area (Å²) in [7, 11) is -3.35. The maximum absolute atomic E-state index is 13.0. The first-order valence-corrected chi connectivity index (χ1v) is 10.6. The minimum absolute atomic E-state index is 0.481. The minimum atomic E-state index is -3.35. The van der Waals surface area contributed by atoms with E-state index in [9.17, 15) is 8.42 Å². The molecule has 1 aliphatic heterocycles. The van der Waals surface area contributed by atoms with Gasteiger partial charge in [0.1, 0.15) is 0 Å². The summed E-state index contributed by atoms with van der Waals surface area (Å²) in [6.07, 6.45) is 11.4. The number of sulfonamides is 1. The standard InChI is InChI=1S/C19H26N2O2S/c22-24(23,19-10-9-16-5-4-6-17(16)15-19)21-13-11-20(12-14-21)18-7-2-1-3-8-18/h2,7,9-10,15,18H,1,3-6,8,11-14H2. The lowest BCUT2D eigenvalue weighted by molar-refractivity contribution is 0.150. The molecule has 1 heterocycles. The lowest BCUT2D eigenvalue weighted by Gasteiger charge is -2.38. The van der Waals surface area contributed by atoms with E-state index in [1.807, 2.05) is 12.1 Å². The summed E-state index contributed by atoms with van der Waals surface area (Å²) in [5.74, 6) is 0. The zero-order valence-corrected chi connectivity index (χ0v) is 15.0. The van der Waals surface area contributed by atoms with Crippen molar-refractivity contribution in [3.63, 3.8) is 0 Å². The van der Waals surface area contributed by atoms with Crippen LogP contribution in [0.3, 0.4) is 0 Å². The van der Waals surface area contributed by atoms with Crippen molar-refractivity contribution in [1.82, 2.24) is 9.21 Å². The van der Waals surface area contributed by atoms with Crippen molar-refractivity contribution in [3.05, 3.63) is 41.5 Å². The van der Waals surface area contributed by atoms with E-state index in [1.165, 1.54) is 30.4 Å². The van der Waals surface area contributed by atoms with Crippen LogP contribution in [0.15, 0.2) is 35.2 Å². The summed E-state index contributed by atoms with van der Waals surface area (Å²) in [5.41, 5.74) is 2.55. The monoisotopic (exact) mass is 346 g/mol. The first-order valence-electron chi connectivity index (χ1n) is 9.17. The van der Waals surface area contributed by atoms with Crippen LogP contribution >= 0.6 is 0 Å². The van der Waals surface area contributed by atoms with Crippen molar-refractivity contribution in [1.29, 1.82) is 0 Å². The number of benzene rings is 1. The van der Waals surface area contributed by atoms with Gasteiger partial charge in [-0.3, -0.25) is 4.90 Å². The average molecular weight is 346 g/mol. The molecule has 3 aliphatic rings. The van der Waals surface area contributed by atoms with Gasteiger partial charge in [0.25, 0.3) is 0 Å². The summed E-state index contributed by atoms with van der Waals surface area (Å²) in [6, 6.07) is 6.23. The Morgan fingerprint density at radius 1 is 0.958 bits per heavy atom. The fourth-order valence-electron chi connectivity index (χ4n) is 4.23. The Morgan fingerprint density at radius 2 is 1.75 bits per heavy atom. The summed E-state index contributed by atoms with van der Waals surface area (Å²) in [5, 5.41) is 0. The molecule has 1 fully saturated rings. The van der Waals surface area contributed by atoms with Gasteiger partial charge in [-0.2, -0.15) is 4.31 Å². The largest absolute Gasteiger partial charge is 0.294 e. The van der Waals surface area contributed by atoms with Crippen LogP contribution in [-0.4, -0.2) is 49.8 Å². The molecule has 4 nitrogen and oxygen atoms in total. The van der Waals surface area contributed by atoms with Crippen LogP contribution in [0.25, 0.3) is 0 Å². The van der Waals surface area contributed by atoms with E-state index in [2.05, 4.69) is 17.1 Å². The van der Waals surface area contributed by atoms with Gasteiger partial charge in [0, 0.05) is 32.2 Å². The smallest absolute Gasteiger partial charge is 0.243 e. The van der Waals surface area contributed by atoms with E-state index in [0.29, 0.717) is 24.0 Å². The van der Waals surface area contributed by atoms with Gasteiger partial charge in [0.2, 0.25) is 10.0 Å². The third kappa shape index (κ3) is 3.05. The SMILES string of the molecule is O=S(=O)(c1ccc2c(c1)CCC2)N1CCN(C2C=CCCC2)CC1. The van der Waals surface area contributed by atoms with E-state index in [1.54, 1.807) is 10.4 Å². The molecule has 0 aromatic heterocycles. The first kappa shape index (κ1) is 16.3. The topological polar surface area (TPSA) is 40.6 Å². The van der Waals surface area contributed by atoms with Crippen LogP contribution in [0.4, 0.5) is 0 Å². The average Bonchev–Trinajstić information content (AvgIpc) is 3.10. The number of nitrogens with zero attached hydrogens (tertiary/aromatic N) is 2. The van der Waals surface area contributed by atoms with Crippen LogP contribution in [0, 0.1) is 0 Å². The highest BCUT2D eigenvalue weighted by Gasteiger charge is 2.31. The van der Waals surface area contributed by atoms with Gasteiger partial charge in [-0.05, 0) is 61.8 Å². The van der Waals surface area contributed by atoms with E-state index >= 15 is 0 Å². The Morgan fingerprint density at radius 3 is 2.50 bits per heavy atom. The number of fused-ring (bicyclic) bond motifs is 1. The van der Waals surface area contributed by atoms with Crippen molar-refractivity contribution in [2.45, 2.75) is 49.5 Å². The number of rotatable bonds is 3. The molecule has 2 aliphatic carbocycles. The predicted molar refractivity (Wildman–Crippen MR) is 95.6 cm³/mol. The summed E-state index contributed by atoms with van der Waals surface area (Å²) < 4.78 is 27.6. The first-order chi connectivity index (χ1) is 11.6. The molecule has 0 bridgehead atoms. The molecule has 0 saturated carbocycles. The minimum Gasteiger partial charge on any atom is -0.294 e. The quantitative estimate of drug-likeness (QED) is 0.790. The predicted octanol–water partition coefficient (Wildman–Crippen LogP) is 2.59. The molecule has 5 heteroatoms. The fraction of sp³-hybridized carbons (Fsp3) is 0.579. The normalized spacial score (nSPS) is 25.8. The Hall–Kier alpha value is -1.17. The van der Waals surface area contributed by atoms with Crippen molar-refractivity contribution >= 4 is 10.0 Å². The number of piperazine rings is 1. The van der Waals surface area contributed by atoms with Gasteiger partial charge in [0.15, 0.2) is 0 Å². The molecule has 130 valence electrons. The third-order valence-electron chi connectivity index (χ3n) is 5.68. The number of aryl methyl sites for hydroxylation is 2. The van der Waals surface area contributed by atoms with Crippen LogP contribution < -0.4 is 0 Å². The number of hydrogen-bond acceptors (Lipinski definition) is 3. The summed E-state index contributed by atoms with van der Waals surface area (Å²) >= 11 is 0. The van der Waals surface area contributed by atoms with Gasteiger partial charge in [0.05, 0.1) is 4.90 Å². The zero-order valence-electron chi connectivity index (χ0n) is 14.2. The molecular weight excluding hydrogens is 320 g/mol. The lowest BCUT2D eigenvalue weighted by Crippen LogP contribution is -2.51. The molecule has 0 amide bonds. The van der Waals surface area contributed by atoms with E-state index in [0.717, 1.165) is 32.4 Å². The highest BCUT2D eigenvalue weighted by Crippen LogP contribution is 2.27. The molecule has 1 saturated heterocycles. The Kier molecular flexibility index (Phi) is 4.50. The van der Waals surface area contributed by atoms with Crippen LogP contribution in [0.1, 0.15) is 36.8 Å². The molecule has 24 heavy (non-hydrogen) atoms. The maximum atomic E-state index is 13.0. The molecule has 1 aromatic carbocycles. The van der Waals surface area contributed by atoms with Gasteiger partial charge in [-0.1, -0.05) is 18.2 Å². The van der Waals surface area contributed by atoms with Crippen molar-refractivity contribution in [2.75, 3.05) is 26.2 Å². The van der Waals surface area contributed by atoms with E-state index in [4.69, 9.17) is 0 Å². The summed E-state index contributed by atoms with van der Waals surface area (Å²) in [4.78, 5) is 2.92.